The molecule has 0 spiro atoms. The van der Waals surface area contributed by atoms with Crippen LogP contribution in [0, 0.1) is 0 Å². The highest BCUT2D eigenvalue weighted by Crippen LogP contribution is 2.12. The lowest BCUT2D eigenvalue weighted by molar-refractivity contribution is 0.246. The van der Waals surface area contributed by atoms with Gasteiger partial charge in [0.05, 0.1) is 0 Å². The number of rotatable bonds is 3. The fourth-order valence-corrected chi connectivity index (χ4v) is 1.76. The molecule has 1 atom stereocenters. The maximum absolute atomic E-state index is 10.6. The smallest absolute Gasteiger partial charge is 0.312 e. The standard InChI is InChI=1S/C10H13BrN2O/c1-7(13-10(12)14)5-8-3-2-4-9(11)6-8/h2-4,6-7H,5H2,1H3,(H3,12,13,14). The van der Waals surface area contributed by atoms with Gasteiger partial charge in [-0.3, -0.25) is 0 Å². The number of carbonyl (C=O) groups is 1. The zero-order chi connectivity index (χ0) is 10.6. The lowest BCUT2D eigenvalue weighted by atomic mass is 10.1. The Labute approximate surface area is 91.8 Å². The third-order valence-electron chi connectivity index (χ3n) is 1.82. The van der Waals surface area contributed by atoms with E-state index < -0.39 is 6.03 Å². The zero-order valence-electron chi connectivity index (χ0n) is 7.96. The monoisotopic (exact) mass is 256 g/mol. The summed E-state index contributed by atoms with van der Waals surface area (Å²) in [5, 5.41) is 2.63. The van der Waals surface area contributed by atoms with Crippen LogP contribution in [-0.4, -0.2) is 12.1 Å². The number of primary amides is 1. The van der Waals surface area contributed by atoms with Crippen LogP contribution in [0.4, 0.5) is 4.79 Å². The highest BCUT2D eigenvalue weighted by Gasteiger charge is 2.04. The summed E-state index contributed by atoms with van der Waals surface area (Å²) in [5.41, 5.74) is 6.18. The summed E-state index contributed by atoms with van der Waals surface area (Å²) >= 11 is 3.39. The molecule has 76 valence electrons. The molecule has 1 aromatic rings. The average molecular weight is 257 g/mol. The minimum absolute atomic E-state index is 0.0572. The number of carbonyl (C=O) groups excluding carboxylic acids is 1. The van der Waals surface area contributed by atoms with Crippen molar-refractivity contribution in [1.29, 1.82) is 0 Å². The van der Waals surface area contributed by atoms with Crippen LogP contribution in [0.25, 0.3) is 0 Å². The van der Waals surface area contributed by atoms with E-state index in [0.717, 1.165) is 10.9 Å². The number of halogens is 1. The molecule has 1 unspecified atom stereocenters. The lowest BCUT2D eigenvalue weighted by Gasteiger charge is -2.11. The van der Waals surface area contributed by atoms with Gasteiger partial charge in [0.15, 0.2) is 0 Å². The van der Waals surface area contributed by atoms with E-state index in [-0.39, 0.29) is 6.04 Å². The van der Waals surface area contributed by atoms with E-state index in [1.807, 2.05) is 31.2 Å². The Morgan fingerprint density at radius 3 is 2.93 bits per heavy atom. The van der Waals surface area contributed by atoms with E-state index in [1.165, 1.54) is 5.56 Å². The van der Waals surface area contributed by atoms with Crippen LogP contribution in [0.1, 0.15) is 12.5 Å². The van der Waals surface area contributed by atoms with Crippen LogP contribution in [-0.2, 0) is 6.42 Å². The van der Waals surface area contributed by atoms with Crippen LogP contribution < -0.4 is 11.1 Å². The van der Waals surface area contributed by atoms with Crippen molar-refractivity contribution in [3.63, 3.8) is 0 Å². The normalized spacial score (nSPS) is 12.1. The van der Waals surface area contributed by atoms with Crippen molar-refractivity contribution in [1.82, 2.24) is 5.32 Å². The maximum atomic E-state index is 10.6. The topological polar surface area (TPSA) is 55.1 Å². The predicted octanol–water partition coefficient (Wildman–Crippen LogP) is 2.05. The lowest BCUT2D eigenvalue weighted by Crippen LogP contribution is -2.37. The minimum Gasteiger partial charge on any atom is -0.352 e. The number of benzene rings is 1. The van der Waals surface area contributed by atoms with Gasteiger partial charge in [-0.15, -0.1) is 0 Å². The fraction of sp³-hybridized carbons (Fsp3) is 0.300. The summed E-state index contributed by atoms with van der Waals surface area (Å²) in [7, 11) is 0. The Balaban J connectivity index is 2.55. The molecule has 3 N–H and O–H groups in total. The molecule has 2 amide bonds. The van der Waals surface area contributed by atoms with Crippen molar-refractivity contribution in [2.75, 3.05) is 0 Å². The summed E-state index contributed by atoms with van der Waals surface area (Å²) in [6.45, 7) is 1.92. The highest BCUT2D eigenvalue weighted by molar-refractivity contribution is 9.10. The summed E-state index contributed by atoms with van der Waals surface area (Å²) in [6, 6.07) is 7.56. The van der Waals surface area contributed by atoms with Gasteiger partial charge in [0.1, 0.15) is 0 Å². The Morgan fingerprint density at radius 2 is 2.36 bits per heavy atom. The molecule has 0 bridgehead atoms. The van der Waals surface area contributed by atoms with Crippen LogP contribution in [0.5, 0.6) is 0 Å². The number of nitrogens with one attached hydrogen (secondary N) is 1. The summed E-state index contributed by atoms with van der Waals surface area (Å²) < 4.78 is 1.04. The van der Waals surface area contributed by atoms with Gasteiger partial charge in [-0.1, -0.05) is 28.1 Å². The molecule has 0 saturated carbocycles. The van der Waals surface area contributed by atoms with Crippen LogP contribution in [0.2, 0.25) is 0 Å². The van der Waals surface area contributed by atoms with Gasteiger partial charge >= 0.3 is 6.03 Å². The van der Waals surface area contributed by atoms with E-state index in [1.54, 1.807) is 0 Å². The quantitative estimate of drug-likeness (QED) is 0.855. The number of amides is 2. The molecule has 0 saturated heterocycles. The average Bonchev–Trinajstić information content (AvgIpc) is 2.01. The van der Waals surface area contributed by atoms with E-state index in [9.17, 15) is 4.79 Å². The first kappa shape index (κ1) is 11.0. The van der Waals surface area contributed by atoms with Crippen molar-refractivity contribution in [2.45, 2.75) is 19.4 Å². The van der Waals surface area contributed by atoms with Crippen molar-refractivity contribution in [2.24, 2.45) is 5.73 Å². The molecule has 0 aliphatic carbocycles. The molecule has 3 nitrogen and oxygen atoms in total. The Kier molecular flexibility index (Phi) is 3.95. The second-order valence-electron chi connectivity index (χ2n) is 3.24. The van der Waals surface area contributed by atoms with E-state index in [2.05, 4.69) is 21.2 Å². The van der Waals surface area contributed by atoms with Gasteiger partial charge in [-0.2, -0.15) is 0 Å². The SMILES string of the molecule is CC(Cc1cccc(Br)c1)NC(N)=O. The third-order valence-corrected chi connectivity index (χ3v) is 2.31. The molecule has 1 rings (SSSR count). The van der Waals surface area contributed by atoms with Gasteiger partial charge in [0.25, 0.3) is 0 Å². The van der Waals surface area contributed by atoms with Gasteiger partial charge < -0.3 is 11.1 Å². The number of nitrogens with two attached hydrogens (primary N) is 1. The summed E-state index contributed by atoms with van der Waals surface area (Å²) in [4.78, 5) is 10.6. The number of hydrogen-bond acceptors (Lipinski definition) is 1. The zero-order valence-corrected chi connectivity index (χ0v) is 9.54. The molecular formula is C10H13BrN2O. The van der Waals surface area contributed by atoms with Crippen molar-refractivity contribution in [3.8, 4) is 0 Å². The van der Waals surface area contributed by atoms with Gasteiger partial charge in [0.2, 0.25) is 0 Å². The number of hydrogen-bond donors (Lipinski definition) is 2. The maximum Gasteiger partial charge on any atom is 0.312 e. The second kappa shape index (κ2) is 5.00. The van der Waals surface area contributed by atoms with Crippen molar-refractivity contribution < 1.29 is 4.79 Å². The van der Waals surface area contributed by atoms with Gasteiger partial charge in [0, 0.05) is 10.5 Å². The Hall–Kier alpha value is -1.03. The van der Waals surface area contributed by atoms with E-state index >= 15 is 0 Å². The minimum atomic E-state index is -0.479. The number of urea groups is 1. The van der Waals surface area contributed by atoms with Crippen LogP contribution >= 0.6 is 15.9 Å². The van der Waals surface area contributed by atoms with Crippen LogP contribution in [0.15, 0.2) is 28.7 Å². The van der Waals surface area contributed by atoms with Gasteiger partial charge in [-0.05, 0) is 31.0 Å². The first-order chi connectivity index (χ1) is 6.58. The summed E-state index contributed by atoms with van der Waals surface area (Å²) in [6.07, 6.45) is 0.780. The molecular weight excluding hydrogens is 244 g/mol. The fourth-order valence-electron chi connectivity index (χ4n) is 1.31. The largest absolute Gasteiger partial charge is 0.352 e. The predicted molar refractivity (Wildman–Crippen MR) is 60.0 cm³/mol. The molecule has 0 aliphatic rings. The summed E-state index contributed by atoms with van der Waals surface area (Å²) in [5.74, 6) is 0. The second-order valence-corrected chi connectivity index (χ2v) is 4.16. The molecule has 0 aromatic heterocycles. The Bertz CT molecular complexity index is 328. The van der Waals surface area contributed by atoms with Crippen LogP contribution in [0.3, 0.4) is 0 Å². The van der Waals surface area contributed by atoms with Gasteiger partial charge in [-0.25, -0.2) is 4.79 Å². The van der Waals surface area contributed by atoms with Crippen molar-refractivity contribution in [3.05, 3.63) is 34.3 Å². The molecule has 0 fully saturated rings. The molecule has 14 heavy (non-hydrogen) atoms. The molecule has 1 aromatic carbocycles. The third kappa shape index (κ3) is 3.79. The molecule has 0 radical (unpaired) electrons. The molecule has 0 aliphatic heterocycles. The van der Waals surface area contributed by atoms with Crippen molar-refractivity contribution >= 4 is 22.0 Å². The first-order valence-electron chi connectivity index (χ1n) is 4.38. The molecule has 4 heteroatoms. The Morgan fingerprint density at radius 1 is 1.64 bits per heavy atom. The molecule has 0 heterocycles. The van der Waals surface area contributed by atoms with E-state index in [4.69, 9.17) is 5.73 Å². The first-order valence-corrected chi connectivity index (χ1v) is 5.17. The van der Waals surface area contributed by atoms with E-state index in [0.29, 0.717) is 0 Å². The highest BCUT2D eigenvalue weighted by atomic mass is 79.9.